The zero-order valence-electron chi connectivity index (χ0n) is 15.0. The summed E-state index contributed by atoms with van der Waals surface area (Å²) in [5, 5.41) is 16.0. The van der Waals surface area contributed by atoms with Crippen LogP contribution in [0.25, 0.3) is 4.96 Å². The summed E-state index contributed by atoms with van der Waals surface area (Å²) in [5.41, 5.74) is 1.10. The number of benzene rings is 1. The van der Waals surface area contributed by atoms with E-state index in [0.29, 0.717) is 10.9 Å². The fraction of sp³-hybridized carbons (Fsp3) is 0.474. The van der Waals surface area contributed by atoms with Crippen LogP contribution < -0.4 is 0 Å². The Balaban J connectivity index is 1.82. The Morgan fingerprint density at radius 1 is 1.42 bits per heavy atom. The average molecular weight is 391 g/mol. The van der Waals surface area contributed by atoms with Crippen molar-refractivity contribution in [3.05, 3.63) is 45.6 Å². The van der Waals surface area contributed by atoms with Crippen molar-refractivity contribution in [2.75, 3.05) is 13.1 Å². The third-order valence-corrected chi connectivity index (χ3v) is 6.33. The van der Waals surface area contributed by atoms with Gasteiger partial charge in [-0.15, -0.1) is 5.10 Å². The van der Waals surface area contributed by atoms with Crippen LogP contribution in [-0.2, 0) is 6.42 Å². The summed E-state index contributed by atoms with van der Waals surface area (Å²) in [6.45, 7) is 6.32. The van der Waals surface area contributed by atoms with Gasteiger partial charge in [-0.2, -0.15) is 4.52 Å². The SMILES string of the molecule is CCc1nc2sc(C(c3cccc(Cl)c3)N3CCCC(C)C3)c(O)n2n1. The van der Waals surface area contributed by atoms with Gasteiger partial charge in [0, 0.05) is 18.0 Å². The smallest absolute Gasteiger partial charge is 0.230 e. The standard InChI is InChI=1S/C19H23ClN4OS/c1-3-15-21-19-24(22-15)18(25)17(26-19)16(13-7-4-8-14(20)10-13)23-9-5-6-12(2)11-23/h4,7-8,10,12,16,25H,3,5-6,9,11H2,1-2H3. The van der Waals surface area contributed by atoms with Gasteiger partial charge in [0.25, 0.3) is 0 Å². The van der Waals surface area contributed by atoms with Crippen molar-refractivity contribution in [2.24, 2.45) is 5.92 Å². The van der Waals surface area contributed by atoms with E-state index >= 15 is 0 Å². The highest BCUT2D eigenvalue weighted by molar-refractivity contribution is 7.17. The number of aryl methyl sites for hydroxylation is 1. The van der Waals surface area contributed by atoms with Crippen LogP contribution in [0.15, 0.2) is 24.3 Å². The van der Waals surface area contributed by atoms with Gasteiger partial charge < -0.3 is 5.11 Å². The number of nitrogens with zero attached hydrogens (tertiary/aromatic N) is 4. The van der Waals surface area contributed by atoms with Gasteiger partial charge in [0.15, 0.2) is 5.82 Å². The highest BCUT2D eigenvalue weighted by Crippen LogP contribution is 2.41. The Hall–Kier alpha value is -1.63. The van der Waals surface area contributed by atoms with Crippen LogP contribution in [-0.4, -0.2) is 37.7 Å². The molecule has 2 atom stereocenters. The lowest BCUT2D eigenvalue weighted by Crippen LogP contribution is -2.37. The molecule has 1 fully saturated rings. The van der Waals surface area contributed by atoms with E-state index < -0.39 is 0 Å². The maximum absolute atomic E-state index is 10.9. The number of likely N-dealkylation sites (tertiary alicyclic amines) is 1. The monoisotopic (exact) mass is 390 g/mol. The molecule has 1 aliphatic rings. The van der Waals surface area contributed by atoms with Gasteiger partial charge in [-0.1, -0.05) is 48.9 Å². The Labute approximate surface area is 162 Å². The third-order valence-electron chi connectivity index (χ3n) is 5.03. The van der Waals surface area contributed by atoms with Crippen molar-refractivity contribution in [2.45, 2.75) is 39.2 Å². The van der Waals surface area contributed by atoms with Crippen LogP contribution in [0, 0.1) is 5.92 Å². The second-order valence-electron chi connectivity index (χ2n) is 7.07. The van der Waals surface area contributed by atoms with Crippen molar-refractivity contribution >= 4 is 27.9 Å². The number of hydrogen-bond donors (Lipinski definition) is 1. The molecule has 0 saturated carbocycles. The molecule has 2 aromatic heterocycles. The molecule has 1 aliphatic heterocycles. The van der Waals surface area contributed by atoms with Crippen LogP contribution in [0.5, 0.6) is 5.88 Å². The van der Waals surface area contributed by atoms with Gasteiger partial charge in [0.2, 0.25) is 10.8 Å². The van der Waals surface area contributed by atoms with Gasteiger partial charge >= 0.3 is 0 Å². The van der Waals surface area contributed by atoms with Crippen LogP contribution in [0.2, 0.25) is 5.02 Å². The first-order valence-corrected chi connectivity index (χ1v) is 10.3. The molecule has 2 unspecified atom stereocenters. The maximum Gasteiger partial charge on any atom is 0.230 e. The normalized spacial score (nSPS) is 19.9. The molecular formula is C19H23ClN4OS. The molecule has 0 radical (unpaired) electrons. The van der Waals surface area contributed by atoms with E-state index in [2.05, 4.69) is 28.0 Å². The quantitative estimate of drug-likeness (QED) is 0.710. The Morgan fingerprint density at radius 3 is 2.96 bits per heavy atom. The number of halogens is 1. The molecule has 0 bridgehead atoms. The summed E-state index contributed by atoms with van der Waals surface area (Å²) < 4.78 is 1.57. The van der Waals surface area contributed by atoms with Crippen LogP contribution in [0.4, 0.5) is 0 Å². The summed E-state index contributed by atoms with van der Waals surface area (Å²) >= 11 is 7.79. The van der Waals surface area contributed by atoms with Crippen molar-refractivity contribution in [1.82, 2.24) is 19.5 Å². The highest BCUT2D eigenvalue weighted by Gasteiger charge is 2.31. The Bertz CT molecular complexity index is 922. The summed E-state index contributed by atoms with van der Waals surface area (Å²) in [4.78, 5) is 8.61. The Kier molecular flexibility index (Phi) is 4.90. The summed E-state index contributed by atoms with van der Waals surface area (Å²) in [6.07, 6.45) is 3.17. The molecule has 1 N–H and O–H groups in total. The molecule has 3 aromatic rings. The molecule has 7 heteroatoms. The third kappa shape index (κ3) is 3.21. The van der Waals surface area contributed by atoms with Crippen LogP contribution in [0.1, 0.15) is 49.0 Å². The first-order valence-electron chi connectivity index (χ1n) is 9.13. The molecule has 3 heterocycles. The lowest BCUT2D eigenvalue weighted by atomic mass is 9.95. The number of aromatic nitrogens is 3. The fourth-order valence-corrected chi connectivity index (χ4v) is 5.12. The highest BCUT2D eigenvalue weighted by atomic mass is 35.5. The fourth-order valence-electron chi connectivity index (χ4n) is 3.78. The number of rotatable bonds is 4. The summed E-state index contributed by atoms with van der Waals surface area (Å²) in [6, 6.07) is 7.91. The van der Waals surface area contributed by atoms with Gasteiger partial charge in [0.1, 0.15) is 0 Å². The lowest BCUT2D eigenvalue weighted by molar-refractivity contribution is 0.149. The number of fused-ring (bicyclic) bond motifs is 1. The molecule has 26 heavy (non-hydrogen) atoms. The molecule has 0 spiro atoms. The van der Waals surface area contributed by atoms with E-state index in [1.165, 1.54) is 24.2 Å². The molecule has 0 amide bonds. The van der Waals surface area contributed by atoms with Crippen molar-refractivity contribution in [3.8, 4) is 5.88 Å². The van der Waals surface area contributed by atoms with Crippen molar-refractivity contribution in [1.29, 1.82) is 0 Å². The van der Waals surface area contributed by atoms with Crippen molar-refractivity contribution < 1.29 is 5.11 Å². The predicted molar refractivity (Wildman–Crippen MR) is 105 cm³/mol. The predicted octanol–water partition coefficient (Wildman–Crippen LogP) is 4.53. The van der Waals surface area contributed by atoms with E-state index in [9.17, 15) is 5.11 Å². The van der Waals surface area contributed by atoms with E-state index in [1.807, 2.05) is 25.1 Å². The topological polar surface area (TPSA) is 53.7 Å². The summed E-state index contributed by atoms with van der Waals surface area (Å²) in [7, 11) is 0. The first-order chi connectivity index (χ1) is 12.6. The van der Waals surface area contributed by atoms with E-state index in [4.69, 9.17) is 11.6 Å². The van der Waals surface area contributed by atoms with Gasteiger partial charge in [0.05, 0.1) is 10.9 Å². The van der Waals surface area contributed by atoms with E-state index in [1.54, 1.807) is 4.52 Å². The number of piperidine rings is 1. The molecule has 138 valence electrons. The van der Waals surface area contributed by atoms with E-state index in [-0.39, 0.29) is 11.9 Å². The summed E-state index contributed by atoms with van der Waals surface area (Å²) in [5.74, 6) is 1.59. The largest absolute Gasteiger partial charge is 0.492 e. The number of aromatic hydroxyl groups is 1. The first kappa shape index (κ1) is 17.8. The second-order valence-corrected chi connectivity index (χ2v) is 8.51. The molecular weight excluding hydrogens is 368 g/mol. The second kappa shape index (κ2) is 7.18. The van der Waals surface area contributed by atoms with E-state index in [0.717, 1.165) is 40.7 Å². The van der Waals surface area contributed by atoms with Gasteiger partial charge in [-0.3, -0.25) is 4.90 Å². The molecule has 5 nitrogen and oxygen atoms in total. The van der Waals surface area contributed by atoms with Crippen molar-refractivity contribution in [3.63, 3.8) is 0 Å². The van der Waals surface area contributed by atoms with Crippen LogP contribution in [0.3, 0.4) is 0 Å². The minimum atomic E-state index is -0.0324. The molecule has 0 aliphatic carbocycles. The molecule has 1 aromatic carbocycles. The zero-order valence-corrected chi connectivity index (χ0v) is 16.6. The van der Waals surface area contributed by atoms with Crippen LogP contribution >= 0.6 is 22.9 Å². The zero-order chi connectivity index (χ0) is 18.3. The molecule has 1 saturated heterocycles. The lowest BCUT2D eigenvalue weighted by Gasteiger charge is -2.37. The van der Waals surface area contributed by atoms with Gasteiger partial charge in [-0.25, -0.2) is 4.98 Å². The molecule has 4 rings (SSSR count). The minimum Gasteiger partial charge on any atom is -0.492 e. The number of hydrogen-bond acceptors (Lipinski definition) is 5. The maximum atomic E-state index is 10.9. The number of thiazole rings is 1. The van der Waals surface area contributed by atoms with Gasteiger partial charge in [-0.05, 0) is 43.0 Å². The minimum absolute atomic E-state index is 0.0324. The Morgan fingerprint density at radius 2 is 2.27 bits per heavy atom. The average Bonchev–Trinajstić information content (AvgIpc) is 3.15.